The molecule has 1 N–H and O–H groups in total. The van der Waals surface area contributed by atoms with E-state index in [-0.39, 0.29) is 58.8 Å². The average molecular weight is 815 g/mol. The molecule has 1 unspecified atom stereocenters. The van der Waals surface area contributed by atoms with Crippen LogP contribution in [0.2, 0.25) is 0 Å². The average Bonchev–Trinajstić information content (AvgIpc) is 3.67. The molecule has 1 fully saturated rings. The number of pyridine rings is 2. The molecule has 0 bridgehead atoms. The highest BCUT2D eigenvalue weighted by atomic mass is 19.4. The van der Waals surface area contributed by atoms with Gasteiger partial charge in [0.05, 0.1) is 53.7 Å². The maximum absolute atomic E-state index is 16.7. The maximum atomic E-state index is 16.7. The Labute approximate surface area is 333 Å². The largest absolute Gasteiger partial charge is 0.493 e. The molecule has 2 aliphatic heterocycles. The Hall–Kier alpha value is -6.36. The lowest BCUT2D eigenvalue weighted by atomic mass is 9.82. The lowest BCUT2D eigenvalue weighted by Crippen LogP contribution is -2.54. The van der Waals surface area contributed by atoms with E-state index in [1.807, 2.05) is 0 Å². The van der Waals surface area contributed by atoms with Gasteiger partial charge in [-0.05, 0) is 67.5 Å². The van der Waals surface area contributed by atoms with Gasteiger partial charge in [-0.25, -0.2) is 18.5 Å². The van der Waals surface area contributed by atoms with Crippen molar-refractivity contribution in [3.63, 3.8) is 0 Å². The lowest BCUT2D eigenvalue weighted by molar-refractivity contribution is -0.206. The van der Waals surface area contributed by atoms with Gasteiger partial charge in [0.1, 0.15) is 29.3 Å². The number of halogens is 4. The van der Waals surface area contributed by atoms with Crippen LogP contribution in [0.4, 0.5) is 17.6 Å². The molecule has 2 aromatic carbocycles. The highest BCUT2D eigenvalue weighted by Crippen LogP contribution is 2.41. The van der Waals surface area contributed by atoms with Gasteiger partial charge in [-0.3, -0.25) is 24.1 Å². The first-order valence-electron chi connectivity index (χ1n) is 18.9. The van der Waals surface area contributed by atoms with Crippen LogP contribution < -0.4 is 26.0 Å². The SMILES string of the molecule is CC1=C(C(=O)N[C@@H](Cc2ccc(-n3c(=O)c4ccncc4n(C)c3=O)c3ncccc23)C(=O)Oc2ccc3c(c2)CCO3)C(C)(F)CC(N2CCOC[C@@H]2C(F)(F)F)=C1. The third kappa shape index (κ3) is 7.34. The molecule has 59 heavy (non-hydrogen) atoms. The zero-order valence-corrected chi connectivity index (χ0v) is 32.1. The number of allylic oxidation sites excluding steroid dienone is 3. The fourth-order valence-corrected chi connectivity index (χ4v) is 8.17. The summed E-state index contributed by atoms with van der Waals surface area (Å²) in [5, 5.41) is 3.35. The third-order valence-corrected chi connectivity index (χ3v) is 11.0. The highest BCUT2D eigenvalue weighted by molar-refractivity contribution is 6.00. The molecule has 5 heterocycles. The fourth-order valence-electron chi connectivity index (χ4n) is 8.17. The summed E-state index contributed by atoms with van der Waals surface area (Å²) in [6, 6.07) is 9.38. The number of carbonyl (C=O) groups excluding carboxylic acids is 2. The number of fused-ring (bicyclic) bond motifs is 3. The van der Waals surface area contributed by atoms with Gasteiger partial charge < -0.3 is 24.4 Å². The van der Waals surface area contributed by atoms with E-state index < -0.39 is 60.1 Å². The van der Waals surface area contributed by atoms with Crippen molar-refractivity contribution in [1.82, 2.24) is 29.3 Å². The Balaban J connectivity index is 1.17. The predicted molar refractivity (Wildman–Crippen MR) is 207 cm³/mol. The second kappa shape index (κ2) is 15.1. The molecule has 3 atom stereocenters. The Kier molecular flexibility index (Phi) is 10.1. The normalized spacial score (nSPS) is 19.9. The van der Waals surface area contributed by atoms with Gasteiger partial charge in [0.15, 0.2) is 0 Å². The monoisotopic (exact) mass is 814 g/mol. The topological polar surface area (TPSA) is 147 Å². The van der Waals surface area contributed by atoms with E-state index in [0.29, 0.717) is 35.2 Å². The van der Waals surface area contributed by atoms with Crippen LogP contribution in [0.1, 0.15) is 31.4 Å². The van der Waals surface area contributed by atoms with Gasteiger partial charge in [-0.1, -0.05) is 12.1 Å². The van der Waals surface area contributed by atoms with Crippen LogP contribution in [0, 0.1) is 0 Å². The van der Waals surface area contributed by atoms with Crippen molar-refractivity contribution in [1.29, 1.82) is 0 Å². The number of carbonyl (C=O) groups is 2. The van der Waals surface area contributed by atoms with E-state index in [4.69, 9.17) is 14.2 Å². The number of morpholine rings is 1. The van der Waals surface area contributed by atoms with Crippen LogP contribution in [0.3, 0.4) is 0 Å². The van der Waals surface area contributed by atoms with Gasteiger partial charge in [-0.2, -0.15) is 13.2 Å². The van der Waals surface area contributed by atoms with E-state index >= 15 is 4.39 Å². The first kappa shape index (κ1) is 39.5. The van der Waals surface area contributed by atoms with E-state index in [0.717, 1.165) is 22.0 Å². The van der Waals surface area contributed by atoms with E-state index in [9.17, 15) is 32.3 Å². The quantitative estimate of drug-likeness (QED) is 0.132. The summed E-state index contributed by atoms with van der Waals surface area (Å²) < 4.78 is 77.4. The first-order valence-corrected chi connectivity index (χ1v) is 18.9. The lowest BCUT2D eigenvalue weighted by Gasteiger charge is -2.42. The molecule has 1 amide bonds. The van der Waals surface area contributed by atoms with Gasteiger partial charge in [0.25, 0.3) is 11.5 Å². The van der Waals surface area contributed by atoms with Crippen molar-refractivity contribution in [3.05, 3.63) is 122 Å². The second-order valence-corrected chi connectivity index (χ2v) is 14.9. The molecule has 0 spiro atoms. The summed E-state index contributed by atoms with van der Waals surface area (Å²) in [5.41, 5.74) is -1.83. The molecule has 17 heteroatoms. The fraction of sp³-hybridized carbons (Fsp3) is 0.333. The summed E-state index contributed by atoms with van der Waals surface area (Å²) in [6.45, 7) is 2.30. The Morgan fingerprint density at radius 3 is 2.68 bits per heavy atom. The molecule has 13 nitrogen and oxygen atoms in total. The number of hydrogen-bond donors (Lipinski definition) is 1. The zero-order chi connectivity index (χ0) is 41.8. The predicted octanol–water partition coefficient (Wildman–Crippen LogP) is 4.80. The molecule has 0 radical (unpaired) electrons. The van der Waals surface area contributed by atoms with Crippen molar-refractivity contribution >= 4 is 33.7 Å². The van der Waals surface area contributed by atoms with E-state index in [2.05, 4.69) is 15.3 Å². The summed E-state index contributed by atoms with van der Waals surface area (Å²) in [4.78, 5) is 65.3. The molecular formula is C42H38F4N6O7. The number of alkyl halides is 4. The van der Waals surface area contributed by atoms with Crippen LogP contribution in [-0.2, 0) is 34.2 Å². The summed E-state index contributed by atoms with van der Waals surface area (Å²) in [7, 11) is 1.52. The number of ether oxygens (including phenoxy) is 3. The Bertz CT molecular complexity index is 2720. The van der Waals surface area contributed by atoms with Crippen LogP contribution in [-0.4, -0.2) is 86.2 Å². The van der Waals surface area contributed by atoms with Crippen LogP contribution in [0.5, 0.6) is 11.5 Å². The van der Waals surface area contributed by atoms with Gasteiger partial charge in [0.2, 0.25) is 0 Å². The molecule has 1 saturated heterocycles. The molecule has 306 valence electrons. The number of aromatic nitrogens is 4. The zero-order valence-electron chi connectivity index (χ0n) is 32.1. The number of rotatable bonds is 8. The molecule has 1 aliphatic carbocycles. The van der Waals surface area contributed by atoms with Crippen molar-refractivity contribution in [2.24, 2.45) is 7.05 Å². The van der Waals surface area contributed by atoms with Gasteiger partial charge in [-0.15, -0.1) is 0 Å². The highest BCUT2D eigenvalue weighted by Gasteiger charge is 2.48. The van der Waals surface area contributed by atoms with Crippen molar-refractivity contribution < 1.29 is 41.4 Å². The summed E-state index contributed by atoms with van der Waals surface area (Å²) >= 11 is 0. The Morgan fingerprint density at radius 1 is 1.08 bits per heavy atom. The van der Waals surface area contributed by atoms with Crippen LogP contribution >= 0.6 is 0 Å². The van der Waals surface area contributed by atoms with Crippen LogP contribution in [0.15, 0.2) is 99.6 Å². The summed E-state index contributed by atoms with van der Waals surface area (Å²) in [6.07, 6.45) is 0.928. The number of amides is 1. The minimum atomic E-state index is -4.64. The number of benzene rings is 2. The molecule has 5 aromatic rings. The first-order chi connectivity index (χ1) is 28.1. The van der Waals surface area contributed by atoms with Crippen LogP contribution in [0.25, 0.3) is 27.5 Å². The van der Waals surface area contributed by atoms with Crippen molar-refractivity contribution in [3.8, 4) is 17.2 Å². The van der Waals surface area contributed by atoms with Crippen molar-refractivity contribution in [2.45, 2.75) is 57.0 Å². The van der Waals surface area contributed by atoms with Gasteiger partial charge in [0, 0.05) is 61.9 Å². The molecule has 8 rings (SSSR count). The minimum Gasteiger partial charge on any atom is -0.493 e. The number of nitrogens with zero attached hydrogens (tertiary/aromatic N) is 5. The number of aryl methyl sites for hydroxylation is 1. The molecule has 3 aliphatic rings. The molecule has 3 aromatic heterocycles. The van der Waals surface area contributed by atoms with Gasteiger partial charge >= 0.3 is 17.8 Å². The summed E-state index contributed by atoms with van der Waals surface area (Å²) in [5.74, 6) is -1.01. The smallest absolute Gasteiger partial charge is 0.410 e. The maximum Gasteiger partial charge on any atom is 0.410 e. The Morgan fingerprint density at radius 2 is 1.90 bits per heavy atom. The van der Waals surface area contributed by atoms with E-state index in [1.165, 1.54) is 55.3 Å². The molecular weight excluding hydrogens is 776 g/mol. The number of hydrogen-bond acceptors (Lipinski definition) is 10. The number of esters is 1. The van der Waals surface area contributed by atoms with E-state index in [1.54, 1.807) is 36.4 Å². The minimum absolute atomic E-state index is 0.0165. The standard InChI is InChI=1S/C42H38F4N6O7/c1-23-17-26(51-14-16-57-22-34(51)42(44,45)46)20-41(2,43)35(23)37(53)49-30(39(55)59-27-7-9-33-25(18-27)11-15-58-33)19-24-6-8-31(36-28(24)5-4-12-48-36)52-38(54)29-10-13-47-21-32(29)50(3)40(52)56/h4-10,12-13,17-18,21,30,34H,11,14-16,19-20,22H2,1-3H3,(H,49,53)/t30-,34+,41?/m0/s1. The second-order valence-electron chi connectivity index (χ2n) is 14.9. The van der Waals surface area contributed by atoms with Crippen molar-refractivity contribution in [2.75, 3.05) is 26.4 Å². The number of nitrogens with one attached hydrogen (secondary N) is 1. The molecule has 0 saturated carbocycles. The third-order valence-electron chi connectivity index (χ3n) is 11.0.